The first-order valence-electron chi connectivity index (χ1n) is 9.06. The third-order valence-electron chi connectivity index (χ3n) is 5.05. The van der Waals surface area contributed by atoms with E-state index in [1.807, 2.05) is 9.58 Å². The molecule has 26 heavy (non-hydrogen) atoms. The molecule has 0 saturated carbocycles. The van der Waals surface area contributed by atoms with Gasteiger partial charge >= 0.3 is 5.97 Å². The number of likely N-dealkylation sites (tertiary alicyclic amines) is 1. The zero-order valence-corrected chi connectivity index (χ0v) is 16.1. The van der Waals surface area contributed by atoms with E-state index in [0.29, 0.717) is 25.2 Å². The Bertz CT molecular complexity index is 788. The van der Waals surface area contributed by atoms with Crippen LogP contribution in [0.4, 0.5) is 0 Å². The first kappa shape index (κ1) is 18.6. The van der Waals surface area contributed by atoms with Crippen LogP contribution in [0.1, 0.15) is 57.5 Å². The summed E-state index contributed by atoms with van der Waals surface area (Å²) in [5, 5.41) is 13.4. The number of carboxylic acid groups (broad SMARTS) is 1. The molecule has 0 aliphatic carbocycles. The topological polar surface area (TPSA) is 75.4 Å². The van der Waals surface area contributed by atoms with Crippen LogP contribution in [-0.2, 0) is 11.2 Å². The van der Waals surface area contributed by atoms with E-state index in [9.17, 15) is 9.59 Å². The maximum Gasteiger partial charge on any atom is 0.339 e. The summed E-state index contributed by atoms with van der Waals surface area (Å²) in [5.74, 6) is -0.720. The Labute approximate surface area is 157 Å². The molecule has 1 aliphatic rings. The molecule has 2 aromatic rings. The van der Waals surface area contributed by atoms with Crippen molar-refractivity contribution in [2.45, 2.75) is 52.0 Å². The molecule has 7 heteroatoms. The van der Waals surface area contributed by atoms with Gasteiger partial charge in [0.1, 0.15) is 5.56 Å². The van der Waals surface area contributed by atoms with Gasteiger partial charge in [0.25, 0.3) is 0 Å². The maximum absolute atomic E-state index is 12.4. The van der Waals surface area contributed by atoms with Gasteiger partial charge in [-0.25, -0.2) is 4.79 Å². The highest BCUT2D eigenvalue weighted by Gasteiger charge is 2.26. The van der Waals surface area contributed by atoms with E-state index >= 15 is 0 Å². The van der Waals surface area contributed by atoms with Crippen LogP contribution in [0.3, 0.4) is 0 Å². The molecule has 0 atom stereocenters. The van der Waals surface area contributed by atoms with Gasteiger partial charge in [0, 0.05) is 29.3 Å². The molecule has 0 aromatic carbocycles. The fourth-order valence-electron chi connectivity index (χ4n) is 3.55. The highest BCUT2D eigenvalue weighted by Crippen LogP contribution is 2.25. The molecule has 0 bridgehead atoms. The Morgan fingerprint density at radius 3 is 2.58 bits per heavy atom. The van der Waals surface area contributed by atoms with Crippen molar-refractivity contribution in [2.24, 2.45) is 0 Å². The lowest BCUT2D eigenvalue weighted by Crippen LogP contribution is -2.39. The molecule has 3 rings (SSSR count). The van der Waals surface area contributed by atoms with Crippen LogP contribution >= 0.6 is 11.3 Å². The Morgan fingerprint density at radius 1 is 1.27 bits per heavy atom. The lowest BCUT2D eigenvalue weighted by molar-refractivity contribution is -0.132. The number of nitrogens with zero attached hydrogens (tertiary/aromatic N) is 3. The number of carboxylic acids is 1. The second kappa shape index (κ2) is 8.03. The third-order valence-corrected chi connectivity index (χ3v) is 6.11. The summed E-state index contributed by atoms with van der Waals surface area (Å²) in [4.78, 5) is 28.2. The highest BCUT2D eigenvalue weighted by molar-refractivity contribution is 7.11. The number of carbonyl (C=O) groups excluding carboxylic acids is 1. The molecule has 0 radical (unpaired) electrons. The molecular formula is C19H25N3O3S. The van der Waals surface area contributed by atoms with E-state index < -0.39 is 5.97 Å². The summed E-state index contributed by atoms with van der Waals surface area (Å²) >= 11 is 1.80. The van der Waals surface area contributed by atoms with Crippen LogP contribution in [0.2, 0.25) is 0 Å². The van der Waals surface area contributed by atoms with Crippen molar-refractivity contribution >= 4 is 23.2 Å². The van der Waals surface area contributed by atoms with Crippen molar-refractivity contribution < 1.29 is 14.7 Å². The number of aromatic carboxylic acids is 1. The zero-order valence-electron chi connectivity index (χ0n) is 15.3. The van der Waals surface area contributed by atoms with Gasteiger partial charge in [-0.15, -0.1) is 11.3 Å². The predicted molar refractivity (Wildman–Crippen MR) is 101 cm³/mol. The molecule has 0 unspecified atom stereocenters. The van der Waals surface area contributed by atoms with Crippen molar-refractivity contribution in [1.82, 2.24) is 14.7 Å². The number of amides is 1. The van der Waals surface area contributed by atoms with E-state index in [2.05, 4.69) is 24.2 Å². The largest absolute Gasteiger partial charge is 0.478 e. The van der Waals surface area contributed by atoms with Crippen molar-refractivity contribution in [3.05, 3.63) is 39.3 Å². The van der Waals surface area contributed by atoms with Crippen LogP contribution in [0, 0.1) is 13.8 Å². The average Bonchev–Trinajstić information content (AvgIpc) is 3.20. The van der Waals surface area contributed by atoms with Gasteiger partial charge in [-0.1, -0.05) is 0 Å². The van der Waals surface area contributed by atoms with Crippen LogP contribution in [0.25, 0.3) is 0 Å². The first-order chi connectivity index (χ1) is 12.5. The lowest BCUT2D eigenvalue weighted by atomic mass is 10.0. The number of aryl methyl sites for hydroxylation is 2. The monoisotopic (exact) mass is 375 g/mol. The molecule has 140 valence electrons. The minimum Gasteiger partial charge on any atom is -0.478 e. The molecule has 1 aliphatic heterocycles. The summed E-state index contributed by atoms with van der Waals surface area (Å²) < 4.78 is 1.81. The molecule has 0 spiro atoms. The lowest BCUT2D eigenvalue weighted by Gasteiger charge is -2.32. The van der Waals surface area contributed by atoms with E-state index in [1.165, 1.54) is 16.0 Å². The number of rotatable bonds is 6. The third kappa shape index (κ3) is 4.15. The van der Waals surface area contributed by atoms with Crippen molar-refractivity contribution in [1.29, 1.82) is 0 Å². The molecule has 1 saturated heterocycles. The standard InChI is InChI=1S/C19H25N3O3S/c1-13-6-7-16(26-13)4-3-5-18(23)21-10-8-15(9-11-21)22-14(2)17(12-20-22)19(24)25/h6-7,12,15H,3-5,8-11H2,1-2H3,(H,24,25). The molecular weight excluding hydrogens is 350 g/mol. The number of piperidine rings is 1. The van der Waals surface area contributed by atoms with E-state index in [4.69, 9.17) is 5.11 Å². The Hall–Kier alpha value is -2.15. The van der Waals surface area contributed by atoms with Gasteiger partial charge in [-0.3, -0.25) is 9.48 Å². The van der Waals surface area contributed by atoms with E-state index in [1.54, 1.807) is 18.3 Å². The predicted octanol–water partition coefficient (Wildman–Crippen LogP) is 3.45. The first-order valence-corrected chi connectivity index (χ1v) is 9.88. The normalized spacial score (nSPS) is 15.4. The maximum atomic E-state index is 12.4. The fraction of sp³-hybridized carbons (Fsp3) is 0.526. The van der Waals surface area contributed by atoms with Gasteiger partial charge in [-0.2, -0.15) is 5.10 Å². The number of hydrogen-bond acceptors (Lipinski definition) is 4. The van der Waals surface area contributed by atoms with Gasteiger partial charge < -0.3 is 10.0 Å². The Kier molecular flexibility index (Phi) is 5.76. The molecule has 6 nitrogen and oxygen atoms in total. The molecule has 1 N–H and O–H groups in total. The smallest absolute Gasteiger partial charge is 0.339 e. The molecule has 2 aromatic heterocycles. The van der Waals surface area contributed by atoms with E-state index in [-0.39, 0.29) is 17.5 Å². The molecule has 1 amide bonds. The van der Waals surface area contributed by atoms with E-state index in [0.717, 1.165) is 25.7 Å². The summed E-state index contributed by atoms with van der Waals surface area (Å²) in [6.45, 7) is 5.32. The Morgan fingerprint density at radius 2 is 2.00 bits per heavy atom. The number of thiophene rings is 1. The summed E-state index contributed by atoms with van der Waals surface area (Å²) in [6.07, 6.45) is 5.49. The quantitative estimate of drug-likeness (QED) is 0.839. The number of hydrogen-bond donors (Lipinski definition) is 1. The average molecular weight is 375 g/mol. The van der Waals surface area contributed by atoms with Gasteiger partial charge in [0.2, 0.25) is 5.91 Å². The minimum absolute atomic E-state index is 0.168. The SMILES string of the molecule is Cc1ccc(CCCC(=O)N2CCC(n3ncc(C(=O)O)c3C)CC2)s1. The molecule has 3 heterocycles. The summed E-state index contributed by atoms with van der Waals surface area (Å²) in [7, 11) is 0. The van der Waals surface area contributed by atoms with Crippen LogP contribution in [0.15, 0.2) is 18.3 Å². The van der Waals surface area contributed by atoms with Gasteiger partial charge in [0.05, 0.1) is 17.9 Å². The second-order valence-corrected chi connectivity index (χ2v) is 8.24. The Balaban J connectivity index is 1.47. The van der Waals surface area contributed by atoms with Crippen LogP contribution in [0.5, 0.6) is 0 Å². The van der Waals surface area contributed by atoms with Gasteiger partial charge in [-0.05, 0) is 51.7 Å². The minimum atomic E-state index is -0.942. The van der Waals surface area contributed by atoms with Crippen molar-refractivity contribution in [2.75, 3.05) is 13.1 Å². The summed E-state index contributed by atoms with van der Waals surface area (Å²) in [6, 6.07) is 4.44. The summed E-state index contributed by atoms with van der Waals surface area (Å²) in [5.41, 5.74) is 0.945. The number of aromatic nitrogens is 2. The van der Waals surface area contributed by atoms with Gasteiger partial charge in [0.15, 0.2) is 0 Å². The fourth-order valence-corrected chi connectivity index (χ4v) is 4.48. The van der Waals surface area contributed by atoms with Crippen LogP contribution < -0.4 is 0 Å². The highest BCUT2D eigenvalue weighted by atomic mass is 32.1. The molecule has 1 fully saturated rings. The number of carbonyl (C=O) groups is 2. The zero-order chi connectivity index (χ0) is 18.7. The van der Waals surface area contributed by atoms with Crippen molar-refractivity contribution in [3.8, 4) is 0 Å². The second-order valence-electron chi connectivity index (χ2n) is 6.87. The van der Waals surface area contributed by atoms with Crippen molar-refractivity contribution in [3.63, 3.8) is 0 Å². The van der Waals surface area contributed by atoms with Crippen LogP contribution in [-0.4, -0.2) is 44.8 Å².